The Bertz CT molecular complexity index is 1700. The second-order valence-corrected chi connectivity index (χ2v) is 11.5. The molecule has 1 atom stereocenters. The molecule has 0 aliphatic heterocycles. The van der Waals surface area contributed by atoms with Crippen LogP contribution in [0.3, 0.4) is 0 Å². The number of phosphoric acid groups is 1. The lowest BCUT2D eigenvalue weighted by molar-refractivity contribution is -0.111. The molecule has 0 saturated heterocycles. The standard InChI is InChI=1S/C31H35N6O5P/c1-6-40-43(39,41-7-2)42-22(3)37-21-29(24-11-8-10-23(14-24)17-32)28-16-26(19-34-31(28)37)25-15-27(20-33-18-25)35-30(38)12-9-13-36(4)5/h8-12,14-16,18-22H,6-7,13H2,1-5H3,(H,35,38)/b12-9+. The zero-order valence-corrected chi connectivity index (χ0v) is 25.7. The minimum atomic E-state index is -3.82. The van der Waals surface area contributed by atoms with Crippen LogP contribution in [0.25, 0.3) is 33.3 Å². The molecule has 1 amide bonds. The zero-order chi connectivity index (χ0) is 31.0. The summed E-state index contributed by atoms with van der Waals surface area (Å²) in [4.78, 5) is 23.4. The Hall–Kier alpha value is -4.17. The summed E-state index contributed by atoms with van der Waals surface area (Å²) in [6.45, 7) is 6.12. The van der Waals surface area contributed by atoms with Gasteiger partial charge in [0.15, 0.2) is 0 Å². The predicted molar refractivity (Wildman–Crippen MR) is 166 cm³/mol. The van der Waals surface area contributed by atoms with E-state index in [0.717, 1.165) is 27.6 Å². The molecule has 12 heteroatoms. The second kappa shape index (κ2) is 14.3. The van der Waals surface area contributed by atoms with Crippen LogP contribution in [0, 0.1) is 11.3 Å². The number of aromatic nitrogens is 3. The first-order chi connectivity index (χ1) is 20.7. The third-order valence-electron chi connectivity index (χ3n) is 6.30. The number of nitrogens with one attached hydrogen (secondary N) is 1. The summed E-state index contributed by atoms with van der Waals surface area (Å²) < 4.78 is 31.4. The van der Waals surface area contributed by atoms with E-state index in [9.17, 15) is 14.6 Å². The normalized spacial score (nSPS) is 12.6. The van der Waals surface area contributed by atoms with Gasteiger partial charge in [-0.25, -0.2) is 9.55 Å². The molecule has 3 heterocycles. The lowest BCUT2D eigenvalue weighted by Gasteiger charge is -2.22. The highest BCUT2D eigenvalue weighted by Crippen LogP contribution is 2.52. The van der Waals surface area contributed by atoms with Gasteiger partial charge >= 0.3 is 7.82 Å². The number of hydrogen-bond acceptors (Lipinski definition) is 9. The van der Waals surface area contributed by atoms with Crippen LogP contribution < -0.4 is 5.32 Å². The molecular weight excluding hydrogens is 567 g/mol. The molecule has 4 aromatic rings. The summed E-state index contributed by atoms with van der Waals surface area (Å²) in [5.41, 5.74) is 4.72. The Balaban J connectivity index is 1.75. The molecule has 4 rings (SSSR count). The van der Waals surface area contributed by atoms with Gasteiger partial charge < -0.3 is 14.8 Å². The average Bonchev–Trinajstić information content (AvgIpc) is 3.36. The highest BCUT2D eigenvalue weighted by molar-refractivity contribution is 7.48. The van der Waals surface area contributed by atoms with E-state index in [2.05, 4.69) is 16.4 Å². The van der Waals surface area contributed by atoms with E-state index >= 15 is 0 Å². The Labute approximate surface area is 251 Å². The quantitative estimate of drug-likeness (QED) is 0.136. The predicted octanol–water partition coefficient (Wildman–Crippen LogP) is 6.41. The first-order valence-corrected chi connectivity index (χ1v) is 15.3. The number of phosphoric ester groups is 1. The summed E-state index contributed by atoms with van der Waals surface area (Å²) in [6.07, 6.45) is 9.33. The Kier molecular flexibility index (Phi) is 10.6. The van der Waals surface area contributed by atoms with Crippen LogP contribution in [0.5, 0.6) is 0 Å². The fourth-order valence-corrected chi connectivity index (χ4v) is 5.73. The van der Waals surface area contributed by atoms with E-state index in [1.807, 2.05) is 49.5 Å². The van der Waals surface area contributed by atoms with Crippen molar-refractivity contribution in [2.45, 2.75) is 27.0 Å². The molecule has 0 radical (unpaired) electrons. The number of amides is 1. The number of hydrogen-bond donors (Lipinski definition) is 1. The van der Waals surface area contributed by atoms with E-state index in [0.29, 0.717) is 23.4 Å². The molecule has 0 aliphatic carbocycles. The topological polar surface area (TPSA) is 132 Å². The van der Waals surface area contributed by atoms with Crippen molar-refractivity contribution in [2.24, 2.45) is 0 Å². The van der Waals surface area contributed by atoms with E-state index in [4.69, 9.17) is 18.6 Å². The molecule has 43 heavy (non-hydrogen) atoms. The van der Waals surface area contributed by atoms with Crippen LogP contribution in [0.2, 0.25) is 0 Å². The molecule has 0 saturated carbocycles. The summed E-state index contributed by atoms with van der Waals surface area (Å²) in [5.74, 6) is -0.253. The SMILES string of the molecule is CCOP(=O)(OCC)OC(C)n1cc(-c2cccc(C#N)c2)c2cc(-c3cncc(NC(=O)/C=C/CN(C)C)c3)cnc21. The molecule has 0 bridgehead atoms. The van der Waals surface area contributed by atoms with E-state index < -0.39 is 14.1 Å². The van der Waals surface area contributed by atoms with Crippen molar-refractivity contribution in [3.05, 3.63) is 78.9 Å². The van der Waals surface area contributed by atoms with Crippen LogP contribution >= 0.6 is 7.82 Å². The number of anilines is 1. The number of fused-ring (bicyclic) bond motifs is 1. The smallest absolute Gasteiger partial charge is 0.321 e. The molecule has 1 unspecified atom stereocenters. The summed E-state index contributed by atoms with van der Waals surface area (Å²) in [6, 6.07) is 13.2. The number of benzene rings is 1. The molecule has 0 aliphatic rings. The lowest BCUT2D eigenvalue weighted by atomic mass is 10.0. The maximum atomic E-state index is 13.1. The van der Waals surface area contributed by atoms with E-state index in [-0.39, 0.29) is 19.1 Å². The van der Waals surface area contributed by atoms with Gasteiger partial charge in [0.25, 0.3) is 0 Å². The van der Waals surface area contributed by atoms with Gasteiger partial charge in [-0.3, -0.25) is 23.3 Å². The van der Waals surface area contributed by atoms with Gasteiger partial charge in [0.05, 0.1) is 36.7 Å². The number of nitrogens with zero attached hydrogens (tertiary/aromatic N) is 5. The third-order valence-corrected chi connectivity index (χ3v) is 8.01. The van der Waals surface area contributed by atoms with Gasteiger partial charge in [0.2, 0.25) is 5.91 Å². The van der Waals surface area contributed by atoms with Crippen molar-refractivity contribution in [3.63, 3.8) is 0 Å². The fraction of sp³-hybridized carbons (Fsp3) is 0.290. The number of likely N-dealkylation sites (N-methyl/N-ethyl adjacent to an activating group) is 1. The molecule has 1 N–H and O–H groups in total. The van der Waals surface area contributed by atoms with Crippen molar-refractivity contribution >= 4 is 30.5 Å². The maximum Gasteiger partial charge on any atom is 0.476 e. The molecule has 1 aromatic carbocycles. The molecule has 11 nitrogen and oxygen atoms in total. The van der Waals surface area contributed by atoms with Crippen LogP contribution in [0.1, 0.15) is 32.6 Å². The number of carbonyl (C=O) groups excluding carboxylic acids is 1. The number of rotatable bonds is 13. The van der Waals surface area contributed by atoms with E-state index in [1.165, 1.54) is 6.08 Å². The summed E-state index contributed by atoms with van der Waals surface area (Å²) in [7, 11) is 0.0266. The largest absolute Gasteiger partial charge is 0.476 e. The van der Waals surface area contributed by atoms with Gasteiger partial charge in [-0.2, -0.15) is 5.26 Å². The monoisotopic (exact) mass is 602 g/mol. The minimum Gasteiger partial charge on any atom is -0.321 e. The Morgan fingerprint density at radius 2 is 1.86 bits per heavy atom. The molecule has 0 spiro atoms. The van der Waals surface area contributed by atoms with Crippen LogP contribution in [-0.4, -0.2) is 59.2 Å². The summed E-state index contributed by atoms with van der Waals surface area (Å²) in [5, 5.41) is 13.1. The van der Waals surface area contributed by atoms with Crippen LogP contribution in [0.4, 0.5) is 5.69 Å². The van der Waals surface area contributed by atoms with Crippen molar-refractivity contribution in [3.8, 4) is 28.3 Å². The Morgan fingerprint density at radius 1 is 1.12 bits per heavy atom. The second-order valence-electron chi connectivity index (χ2n) is 9.84. The van der Waals surface area contributed by atoms with Gasteiger partial charge in [-0.15, -0.1) is 0 Å². The van der Waals surface area contributed by atoms with Crippen molar-refractivity contribution < 1.29 is 22.9 Å². The van der Waals surface area contributed by atoms with Crippen molar-refractivity contribution in [2.75, 3.05) is 39.2 Å². The lowest BCUT2D eigenvalue weighted by Crippen LogP contribution is -2.13. The average molecular weight is 603 g/mol. The minimum absolute atomic E-state index is 0.157. The highest BCUT2D eigenvalue weighted by Gasteiger charge is 2.30. The number of carbonyl (C=O) groups is 1. The number of nitriles is 1. The number of pyridine rings is 2. The van der Waals surface area contributed by atoms with Gasteiger partial charge in [-0.1, -0.05) is 18.2 Å². The van der Waals surface area contributed by atoms with E-state index in [1.54, 1.807) is 62.1 Å². The van der Waals surface area contributed by atoms with Crippen LogP contribution in [0.15, 0.2) is 73.3 Å². The van der Waals surface area contributed by atoms with Gasteiger partial charge in [0.1, 0.15) is 11.9 Å². The van der Waals surface area contributed by atoms with Crippen molar-refractivity contribution in [1.29, 1.82) is 5.26 Å². The van der Waals surface area contributed by atoms with Crippen molar-refractivity contribution in [1.82, 2.24) is 19.4 Å². The fourth-order valence-electron chi connectivity index (χ4n) is 4.43. The Morgan fingerprint density at radius 3 is 2.56 bits per heavy atom. The molecule has 0 fully saturated rings. The zero-order valence-electron chi connectivity index (χ0n) is 24.9. The first-order valence-electron chi connectivity index (χ1n) is 13.8. The summed E-state index contributed by atoms with van der Waals surface area (Å²) >= 11 is 0. The highest BCUT2D eigenvalue weighted by atomic mass is 31.2. The van der Waals surface area contributed by atoms with Crippen LogP contribution in [-0.2, 0) is 22.9 Å². The van der Waals surface area contributed by atoms with Gasteiger partial charge in [-0.05, 0) is 64.7 Å². The van der Waals surface area contributed by atoms with Gasteiger partial charge in [0, 0.05) is 53.3 Å². The molecule has 3 aromatic heterocycles. The third kappa shape index (κ3) is 8.02. The molecule has 224 valence electrons. The maximum absolute atomic E-state index is 13.1. The molecular formula is C31H35N6O5P. The first kappa shape index (κ1) is 31.8.